The van der Waals surface area contributed by atoms with E-state index in [2.05, 4.69) is 10.6 Å². The van der Waals surface area contributed by atoms with E-state index in [1.807, 2.05) is 36.4 Å². The highest BCUT2D eigenvalue weighted by molar-refractivity contribution is 7.46. The lowest BCUT2D eigenvalue weighted by Gasteiger charge is -2.37. The maximum absolute atomic E-state index is 15.0. The predicted octanol–water partition coefficient (Wildman–Crippen LogP) is 7.16. The fraction of sp³-hybridized carbons (Fsp3) is 0.396. The third-order valence-corrected chi connectivity index (χ3v) is 17.2. The normalized spacial score (nSPS) is 22.9. The minimum absolute atomic E-state index is 0.0440. The van der Waals surface area contributed by atoms with Gasteiger partial charge in [-0.3, -0.25) is 29.0 Å². The Morgan fingerprint density at radius 3 is 1.81 bits per heavy atom. The molecule has 5 aromatic carbocycles. The average Bonchev–Trinajstić information content (AvgIpc) is 3.75. The molecule has 19 nitrogen and oxygen atoms in total. The third-order valence-electron chi connectivity index (χ3n) is 16.0. The van der Waals surface area contributed by atoms with Gasteiger partial charge in [0.05, 0.1) is 22.2 Å². The summed E-state index contributed by atoms with van der Waals surface area (Å²) in [5.74, 6) is -0.490. The highest BCUT2D eigenvalue weighted by Gasteiger charge is 3.01. The summed E-state index contributed by atoms with van der Waals surface area (Å²) in [6, 6.07) is 23.8. The van der Waals surface area contributed by atoms with Gasteiger partial charge in [-0.05, 0) is 78.2 Å². The number of carbonyl (C=O) groups is 6. The number of hydrogen-bond acceptors (Lipinski definition) is 11. The molecule has 22 heteroatoms. The highest BCUT2D eigenvalue weighted by Crippen LogP contribution is 3.01. The van der Waals surface area contributed by atoms with Crippen molar-refractivity contribution in [3.63, 3.8) is 0 Å². The van der Waals surface area contributed by atoms with Crippen LogP contribution in [0.1, 0.15) is 60.6 Å². The SMILES string of the molecule is CN(CCN(C)C(=O)Oc1cc2c(c3ccccc13)C(CCl)CN2C(=O)C12CC3(C(=O)N4CC(CCl)c5c4cc(OP(=O)(O)O)c4ccccc54)CC13C2)C(=O)OCc1ccc(NC(=O)C(CCCN)NC=O)cc1. The van der Waals surface area contributed by atoms with Gasteiger partial charge in [0.2, 0.25) is 24.1 Å². The number of phosphoric acid groups is 1. The maximum Gasteiger partial charge on any atom is 0.524 e. The number of phosphoric ester groups is 1. The van der Waals surface area contributed by atoms with Crippen LogP contribution in [-0.4, -0.2) is 121 Å². The summed E-state index contributed by atoms with van der Waals surface area (Å²) < 4.78 is 28.8. The van der Waals surface area contributed by atoms with Crippen LogP contribution >= 0.6 is 31.0 Å². The van der Waals surface area contributed by atoms with Crippen LogP contribution in [0.3, 0.4) is 0 Å². The van der Waals surface area contributed by atoms with E-state index >= 15 is 4.79 Å². The number of benzene rings is 5. The number of ether oxygens (including phenoxy) is 2. The number of nitrogens with zero attached hydrogens (tertiary/aromatic N) is 4. The number of halogens is 2. The van der Waals surface area contributed by atoms with Gasteiger partial charge in [-0.25, -0.2) is 14.2 Å². The topological polar surface area (TPSA) is 251 Å². The molecule has 5 aliphatic rings. The predicted molar refractivity (Wildman–Crippen MR) is 281 cm³/mol. The van der Waals surface area contributed by atoms with Crippen molar-refractivity contribution in [2.45, 2.75) is 56.6 Å². The van der Waals surface area contributed by atoms with Gasteiger partial charge in [0, 0.05) is 97.9 Å². The lowest BCUT2D eigenvalue weighted by Crippen LogP contribution is -2.49. The van der Waals surface area contributed by atoms with Crippen molar-refractivity contribution in [1.82, 2.24) is 15.1 Å². The molecular formula is C53H56Cl2N7O12P. The first-order valence-electron chi connectivity index (χ1n) is 24.7. The Kier molecular flexibility index (Phi) is 13.8. The van der Waals surface area contributed by atoms with Crippen molar-refractivity contribution in [2.24, 2.45) is 22.0 Å². The van der Waals surface area contributed by atoms with Crippen molar-refractivity contribution in [2.75, 3.05) is 73.7 Å². The molecule has 5 aromatic rings. The lowest BCUT2D eigenvalue weighted by atomic mass is 9.72. The number of amides is 6. The Morgan fingerprint density at radius 1 is 0.787 bits per heavy atom. The first kappa shape index (κ1) is 52.0. The second kappa shape index (κ2) is 19.9. The number of anilines is 3. The summed E-state index contributed by atoms with van der Waals surface area (Å²) in [4.78, 5) is 106. The molecule has 1 spiro atoms. The molecule has 3 fully saturated rings. The molecule has 6 atom stereocenters. The summed E-state index contributed by atoms with van der Waals surface area (Å²) in [5, 5.41) is 7.87. The number of hydrogen-bond donors (Lipinski definition) is 5. The van der Waals surface area contributed by atoms with Crippen molar-refractivity contribution in [3.8, 4) is 11.5 Å². The van der Waals surface area contributed by atoms with E-state index in [1.54, 1.807) is 66.4 Å². The fourth-order valence-corrected chi connectivity index (χ4v) is 13.1. The number of alkyl halides is 2. The monoisotopic (exact) mass is 1080 g/mol. The zero-order chi connectivity index (χ0) is 53.2. The van der Waals surface area contributed by atoms with E-state index in [0.29, 0.717) is 90.4 Å². The summed E-state index contributed by atoms with van der Waals surface area (Å²) in [5.41, 5.74) is 7.35. The van der Waals surface area contributed by atoms with Crippen LogP contribution in [0, 0.1) is 16.2 Å². The Bertz CT molecular complexity index is 3220. The van der Waals surface area contributed by atoms with E-state index in [4.69, 9.17) is 42.9 Å². The molecule has 75 heavy (non-hydrogen) atoms. The molecule has 3 aliphatic carbocycles. The van der Waals surface area contributed by atoms with Crippen molar-refractivity contribution >= 4 is 106 Å². The van der Waals surface area contributed by atoms with E-state index in [0.717, 1.165) is 16.5 Å². The van der Waals surface area contributed by atoms with Gasteiger partial charge in [0.1, 0.15) is 24.1 Å². The summed E-state index contributed by atoms with van der Waals surface area (Å²) >= 11 is 13.2. The van der Waals surface area contributed by atoms with Gasteiger partial charge >= 0.3 is 20.0 Å². The van der Waals surface area contributed by atoms with Crippen LogP contribution in [0.4, 0.5) is 26.7 Å². The van der Waals surface area contributed by atoms with Crippen LogP contribution in [-0.2, 0) is 35.1 Å². The quantitative estimate of drug-likeness (QED) is 0.0313. The Morgan fingerprint density at radius 2 is 1.31 bits per heavy atom. The molecule has 3 saturated carbocycles. The molecule has 0 bridgehead atoms. The number of nitrogens with two attached hydrogens (primary N) is 1. The van der Waals surface area contributed by atoms with Gasteiger partial charge in [0.25, 0.3) is 0 Å². The molecule has 0 aromatic heterocycles. The second-order valence-corrected chi connectivity index (χ2v) is 22.1. The van der Waals surface area contributed by atoms with Gasteiger partial charge < -0.3 is 50.0 Å². The number of nitrogens with one attached hydrogen (secondary N) is 2. The van der Waals surface area contributed by atoms with Gasteiger partial charge in [-0.15, -0.1) is 23.2 Å². The Balaban J connectivity index is 0.792. The molecule has 2 aliphatic heterocycles. The van der Waals surface area contributed by atoms with Crippen LogP contribution in [0.15, 0.2) is 84.9 Å². The van der Waals surface area contributed by atoms with E-state index in [9.17, 15) is 38.3 Å². The van der Waals surface area contributed by atoms with Crippen LogP contribution in [0.5, 0.6) is 11.5 Å². The molecule has 6 N–H and O–H groups in total. The van der Waals surface area contributed by atoms with Crippen LogP contribution in [0.2, 0.25) is 0 Å². The average molecular weight is 1080 g/mol. The smallest absolute Gasteiger partial charge is 0.445 e. The third kappa shape index (κ3) is 9.00. The molecule has 0 radical (unpaired) electrons. The molecule has 10 rings (SSSR count). The highest BCUT2D eigenvalue weighted by atomic mass is 35.5. The fourth-order valence-electron chi connectivity index (χ4n) is 12.2. The van der Waals surface area contributed by atoms with Gasteiger partial charge in [-0.2, -0.15) is 0 Å². The first-order chi connectivity index (χ1) is 35.9. The van der Waals surface area contributed by atoms with Crippen molar-refractivity contribution in [1.29, 1.82) is 0 Å². The van der Waals surface area contributed by atoms with Crippen molar-refractivity contribution in [3.05, 3.63) is 102 Å². The Hall–Kier alpha value is -6.47. The van der Waals surface area contributed by atoms with Gasteiger partial charge in [0.15, 0.2) is 0 Å². The summed E-state index contributed by atoms with van der Waals surface area (Å²) in [7, 11) is -1.87. The molecular weight excluding hydrogens is 1030 g/mol. The van der Waals surface area contributed by atoms with E-state index in [1.165, 1.54) is 15.9 Å². The van der Waals surface area contributed by atoms with Crippen LogP contribution < -0.4 is 35.4 Å². The largest absolute Gasteiger partial charge is 0.524 e. The lowest BCUT2D eigenvalue weighted by molar-refractivity contribution is -0.134. The summed E-state index contributed by atoms with van der Waals surface area (Å²) in [6.45, 7) is 1.09. The van der Waals surface area contributed by atoms with Crippen LogP contribution in [0.25, 0.3) is 21.5 Å². The first-order valence-corrected chi connectivity index (χ1v) is 27.3. The number of carbonyl (C=O) groups excluding carboxylic acids is 6. The standard InChI is InChI=1S/C53H56Cl2N7O12P/c1-59(49(67)72-26-31-13-15-34(16-14-31)58-46(64)39(57-30-63)12-7-17-56)18-19-60(2)50(68)73-42-20-40-44(37-10-5-3-8-35(37)42)32(22-54)24-61(40)47(65)51-27-52(29-53(51,52)28-51)48(66)62-25-33(23-55)45-38-11-6-4-9-36(38)43(21-41(45)62)74-75(69,70)71/h3-6,8-11,13-16,20-21,30,32-33,39H,7,12,17-19,22-29,56H2,1-2H3,(H,57,63)(H,58,64)(H2,69,70,71). The number of likely N-dealkylation sites (N-methyl/N-ethyl adjacent to an activating group) is 2. The molecule has 394 valence electrons. The summed E-state index contributed by atoms with van der Waals surface area (Å²) in [6.07, 6.45) is 1.49. The van der Waals surface area contributed by atoms with Gasteiger partial charge in [-0.1, -0.05) is 60.7 Å². The molecule has 6 unspecified atom stereocenters. The number of fused-ring (bicyclic) bond motifs is 6. The molecule has 2 heterocycles. The molecule has 6 amide bonds. The maximum atomic E-state index is 15.0. The second-order valence-electron chi connectivity index (χ2n) is 20.3. The van der Waals surface area contributed by atoms with E-state index < -0.39 is 42.3 Å². The minimum atomic E-state index is -4.96. The van der Waals surface area contributed by atoms with Crippen molar-refractivity contribution < 1.29 is 57.1 Å². The zero-order valence-electron chi connectivity index (χ0n) is 41.1. The minimum Gasteiger partial charge on any atom is -0.445 e. The molecule has 0 saturated heterocycles. The Labute approximate surface area is 441 Å². The van der Waals surface area contributed by atoms with E-state index in [-0.39, 0.29) is 79.1 Å². The zero-order valence-corrected chi connectivity index (χ0v) is 43.5. The number of rotatable bonds is 19.